The Bertz CT molecular complexity index is 948. The van der Waals surface area contributed by atoms with Crippen LogP contribution in [0.1, 0.15) is 16.8 Å². The number of ketones is 1. The average Bonchev–Trinajstić information content (AvgIpc) is 2.72. The van der Waals surface area contributed by atoms with E-state index < -0.39 is 5.78 Å². The van der Waals surface area contributed by atoms with Crippen molar-refractivity contribution in [3.63, 3.8) is 0 Å². The highest BCUT2D eigenvalue weighted by molar-refractivity contribution is 6.55. The van der Waals surface area contributed by atoms with Crippen LogP contribution in [0.15, 0.2) is 18.2 Å². The lowest BCUT2D eigenvalue weighted by Crippen LogP contribution is -2.07. The lowest BCUT2D eigenvalue weighted by Gasteiger charge is -2.14. The number of carbonyl (C=O) groups is 1. The number of Topliss-reactive ketones (excluding diaryl/α,β-unsaturated/α-hetero) is 1. The molecule has 0 unspecified atom stereocenters. The first-order chi connectivity index (χ1) is 13.8. The molecule has 0 atom stereocenters. The van der Waals surface area contributed by atoms with Crippen LogP contribution in [-0.4, -0.2) is 37.1 Å². The maximum absolute atomic E-state index is 11.8. The van der Waals surface area contributed by atoms with E-state index in [9.17, 15) is 4.79 Å². The molecule has 0 amide bonds. The van der Waals surface area contributed by atoms with Gasteiger partial charge in [-0.25, -0.2) is 0 Å². The van der Waals surface area contributed by atoms with Crippen LogP contribution in [0, 0.1) is 0 Å². The van der Waals surface area contributed by atoms with Crippen molar-refractivity contribution < 1.29 is 23.8 Å². The van der Waals surface area contributed by atoms with Crippen LogP contribution in [0.3, 0.4) is 0 Å². The van der Waals surface area contributed by atoms with E-state index in [1.165, 1.54) is 19.2 Å². The largest absolute Gasteiger partial charge is 0.493 e. The predicted octanol–water partition coefficient (Wildman–Crippen LogP) is 6.29. The van der Waals surface area contributed by atoms with Crippen molar-refractivity contribution in [2.24, 2.45) is 0 Å². The number of nitrogens with zero attached hydrogens (tertiary/aromatic N) is 2. The van der Waals surface area contributed by atoms with E-state index in [4.69, 9.17) is 77.7 Å². The molecular formula is C18H13Cl5N2O4. The summed E-state index contributed by atoms with van der Waals surface area (Å²) in [6.07, 6.45) is 1.22. The molecule has 0 N–H and O–H groups in total. The predicted molar refractivity (Wildman–Crippen MR) is 114 cm³/mol. The Morgan fingerprint density at radius 2 is 1.55 bits per heavy atom. The third-order valence-electron chi connectivity index (χ3n) is 3.59. The van der Waals surface area contributed by atoms with E-state index >= 15 is 0 Å². The fourth-order valence-electron chi connectivity index (χ4n) is 2.20. The van der Waals surface area contributed by atoms with Gasteiger partial charge in [-0.15, -0.1) is 0 Å². The molecule has 0 aliphatic heterocycles. The minimum atomic E-state index is -0.482. The lowest BCUT2D eigenvalue weighted by molar-refractivity contribution is 0.00234. The highest BCUT2D eigenvalue weighted by Gasteiger charge is 2.20. The Hall–Kier alpha value is -1.66. The topological polar surface area (TPSA) is 81.2 Å². The van der Waals surface area contributed by atoms with E-state index in [0.717, 1.165) is 6.21 Å². The van der Waals surface area contributed by atoms with E-state index in [1.807, 2.05) is 0 Å². The van der Waals surface area contributed by atoms with Gasteiger partial charge in [-0.3, -0.25) is 4.79 Å². The summed E-state index contributed by atoms with van der Waals surface area (Å²) in [6, 6.07) is 4.58. The fourth-order valence-corrected chi connectivity index (χ4v) is 3.43. The summed E-state index contributed by atoms with van der Waals surface area (Å²) in [5.41, 5.74) is 8.76. The number of ether oxygens (including phenoxy) is 3. The quantitative estimate of drug-likeness (QED) is 0.0774. The minimum absolute atomic E-state index is 0.0478. The molecular weight excluding hydrogens is 485 g/mol. The van der Waals surface area contributed by atoms with Crippen LogP contribution >= 0.6 is 58.0 Å². The average molecular weight is 499 g/mol. The fraction of sp³-hybridized carbons (Fsp3) is 0.222. The first-order valence-electron chi connectivity index (χ1n) is 7.98. The summed E-state index contributed by atoms with van der Waals surface area (Å²) in [5.74, 6) is 0.425. The Balaban J connectivity index is 2.00. The Labute approximate surface area is 191 Å². The second kappa shape index (κ2) is 10.9. The number of hydrogen-bond donors (Lipinski definition) is 0. The highest BCUT2D eigenvalue weighted by atomic mass is 35.5. The van der Waals surface area contributed by atoms with Gasteiger partial charge in [-0.1, -0.05) is 58.0 Å². The molecule has 2 aromatic rings. The third kappa shape index (κ3) is 5.70. The molecule has 0 fully saturated rings. The van der Waals surface area contributed by atoms with Crippen molar-refractivity contribution in [3.05, 3.63) is 54.4 Å². The van der Waals surface area contributed by atoms with Crippen molar-refractivity contribution >= 4 is 70.0 Å². The van der Waals surface area contributed by atoms with Crippen molar-refractivity contribution in [1.82, 2.24) is 0 Å². The number of methoxy groups -OCH3 is 1. The summed E-state index contributed by atoms with van der Waals surface area (Å²) in [6.45, 7) is 0.415. The van der Waals surface area contributed by atoms with Gasteiger partial charge < -0.3 is 19.7 Å². The first kappa shape index (κ1) is 23.6. The maximum atomic E-state index is 11.8. The molecule has 154 valence electrons. The molecule has 0 spiro atoms. The van der Waals surface area contributed by atoms with Crippen LogP contribution in [0.25, 0.3) is 5.53 Å². The molecule has 6 nitrogen and oxygen atoms in total. The van der Waals surface area contributed by atoms with Crippen molar-refractivity contribution in [2.75, 3.05) is 20.3 Å². The third-order valence-corrected chi connectivity index (χ3v) is 5.83. The summed E-state index contributed by atoms with van der Waals surface area (Å²) in [4.78, 5) is 14.5. The zero-order valence-corrected chi connectivity index (χ0v) is 18.6. The second-order valence-corrected chi connectivity index (χ2v) is 7.31. The lowest BCUT2D eigenvalue weighted by atomic mass is 10.1. The minimum Gasteiger partial charge on any atom is -0.493 e. The molecule has 0 saturated heterocycles. The number of rotatable bonds is 9. The van der Waals surface area contributed by atoms with Crippen molar-refractivity contribution in [3.8, 4) is 17.2 Å². The van der Waals surface area contributed by atoms with Crippen molar-refractivity contribution in [2.45, 2.75) is 6.42 Å². The second-order valence-electron chi connectivity index (χ2n) is 5.42. The van der Waals surface area contributed by atoms with Crippen molar-refractivity contribution in [1.29, 1.82) is 0 Å². The normalized spacial score (nSPS) is 10.3. The molecule has 0 aliphatic rings. The molecule has 0 saturated carbocycles. The summed E-state index contributed by atoms with van der Waals surface area (Å²) >= 11 is 30.1. The summed E-state index contributed by atoms with van der Waals surface area (Å²) < 4.78 is 16.4. The Morgan fingerprint density at radius 3 is 2.14 bits per heavy atom. The summed E-state index contributed by atoms with van der Waals surface area (Å²) in [7, 11) is 1.47. The first-order valence-corrected chi connectivity index (χ1v) is 9.87. The van der Waals surface area contributed by atoms with Crippen LogP contribution in [0.5, 0.6) is 17.2 Å². The van der Waals surface area contributed by atoms with Gasteiger partial charge in [0.25, 0.3) is 5.78 Å². The summed E-state index contributed by atoms with van der Waals surface area (Å²) in [5, 5.41) is 0.265. The maximum Gasteiger partial charge on any atom is 0.328 e. The van der Waals surface area contributed by atoms with Crippen LogP contribution < -0.4 is 14.2 Å². The number of halogens is 5. The van der Waals surface area contributed by atoms with Crippen LogP contribution in [-0.2, 0) is 0 Å². The van der Waals surface area contributed by atoms with E-state index in [-0.39, 0.29) is 49.6 Å². The molecule has 29 heavy (non-hydrogen) atoms. The molecule has 2 aromatic carbocycles. The molecule has 0 aromatic heterocycles. The SMILES string of the molecule is COc1ccc(C(=O)C=[N+]=[N-])cc1OCCCOc1c(Cl)c(Cl)c(Cl)c(Cl)c1Cl. The molecule has 0 heterocycles. The number of carbonyl (C=O) groups excluding carboxylic acids is 1. The molecule has 0 bridgehead atoms. The van der Waals surface area contributed by atoms with Gasteiger partial charge in [0.1, 0.15) is 10.0 Å². The molecule has 11 heteroatoms. The van der Waals surface area contributed by atoms with Gasteiger partial charge in [-0.05, 0) is 18.2 Å². The van der Waals surface area contributed by atoms with Gasteiger partial charge in [0.15, 0.2) is 17.2 Å². The monoisotopic (exact) mass is 496 g/mol. The Kier molecular flexibility index (Phi) is 8.90. The van der Waals surface area contributed by atoms with Gasteiger partial charge in [-0.2, -0.15) is 4.79 Å². The van der Waals surface area contributed by atoms with Gasteiger partial charge in [0, 0.05) is 12.0 Å². The molecule has 0 radical (unpaired) electrons. The van der Waals surface area contributed by atoms with Gasteiger partial charge >= 0.3 is 6.21 Å². The zero-order chi connectivity index (χ0) is 21.6. The number of hydrogen-bond acceptors (Lipinski definition) is 4. The smallest absolute Gasteiger partial charge is 0.328 e. The van der Waals surface area contributed by atoms with Crippen LogP contribution in [0.2, 0.25) is 25.1 Å². The standard InChI is InChI=1S/C18H13Cl5N2O4/c1-27-11-4-3-9(10(26)8-25-24)7-12(11)28-5-2-6-29-18-16(22)14(20)13(19)15(21)17(18)23/h3-4,7-8H,2,5-6H2,1H3. The molecule has 2 rings (SSSR count). The molecule has 0 aliphatic carbocycles. The highest BCUT2D eigenvalue weighted by Crippen LogP contribution is 2.48. The Morgan fingerprint density at radius 1 is 0.966 bits per heavy atom. The van der Waals surface area contributed by atoms with Gasteiger partial charge in [0.2, 0.25) is 0 Å². The van der Waals surface area contributed by atoms with E-state index in [2.05, 4.69) is 4.79 Å². The van der Waals surface area contributed by atoms with E-state index in [0.29, 0.717) is 17.9 Å². The van der Waals surface area contributed by atoms with E-state index in [1.54, 1.807) is 6.07 Å². The van der Waals surface area contributed by atoms with Crippen LogP contribution in [0.4, 0.5) is 0 Å². The zero-order valence-electron chi connectivity index (χ0n) is 14.8. The van der Waals surface area contributed by atoms with Gasteiger partial charge in [0.05, 0.1) is 35.4 Å². The number of benzene rings is 2.